The predicted molar refractivity (Wildman–Crippen MR) is 59.4 cm³/mol. The van der Waals surface area contributed by atoms with E-state index in [1.165, 1.54) is 5.57 Å². The van der Waals surface area contributed by atoms with Crippen LogP contribution >= 0.6 is 0 Å². The maximum atomic E-state index is 3.78. The average Bonchev–Trinajstić information content (AvgIpc) is 2.20. The first-order valence-electron chi connectivity index (χ1n) is 4.64. The van der Waals surface area contributed by atoms with Gasteiger partial charge >= 0.3 is 26.2 Å². The molecule has 0 saturated carbocycles. The molecular formula is C12H24Zr. The minimum atomic E-state index is 0. The van der Waals surface area contributed by atoms with E-state index >= 15 is 0 Å². The van der Waals surface area contributed by atoms with E-state index in [2.05, 4.69) is 40.7 Å². The number of rotatable bonds is 3. The Bertz CT molecular complexity index is 69.2. The molecule has 0 atom stereocenters. The zero-order chi connectivity index (χ0) is 10.4. The van der Waals surface area contributed by atoms with Gasteiger partial charge in [0.15, 0.2) is 0 Å². The van der Waals surface area contributed by atoms with E-state index in [1.54, 1.807) is 13.8 Å². The fourth-order valence-corrected chi connectivity index (χ4v) is 0.640. The van der Waals surface area contributed by atoms with Crippen molar-refractivity contribution in [3.63, 3.8) is 0 Å². The maximum absolute atomic E-state index is 3.78. The minimum Gasteiger partial charge on any atom is -0.500 e. The molecule has 0 spiro atoms. The second-order valence-electron chi connectivity index (χ2n) is 1.74. The smallest absolute Gasteiger partial charge is 0.500 e. The molecule has 1 heteroatoms. The fraction of sp³-hybridized carbons (Fsp3) is 0.583. The van der Waals surface area contributed by atoms with Gasteiger partial charge in [-0.25, -0.2) is 0 Å². The Labute approximate surface area is 105 Å². The van der Waals surface area contributed by atoms with Crippen LogP contribution in [-0.2, 0) is 26.2 Å². The summed E-state index contributed by atoms with van der Waals surface area (Å²) in [4.78, 5) is 0. The van der Waals surface area contributed by atoms with Crippen LogP contribution in [0.1, 0.15) is 47.0 Å². The van der Waals surface area contributed by atoms with E-state index in [4.69, 9.17) is 0 Å². The summed E-state index contributed by atoms with van der Waals surface area (Å²) in [5.41, 5.74) is 1.35. The number of allylic oxidation sites excluding steroid dienone is 2. The first kappa shape index (κ1) is 23.4. The molecule has 0 unspecified atom stereocenters. The molecule has 0 aromatic heterocycles. The van der Waals surface area contributed by atoms with Gasteiger partial charge in [-0.15, -0.1) is 0 Å². The Morgan fingerprint density at radius 2 is 1.46 bits per heavy atom. The van der Waals surface area contributed by atoms with Crippen molar-refractivity contribution in [2.24, 2.45) is 0 Å². The van der Waals surface area contributed by atoms with Crippen LogP contribution in [0.4, 0.5) is 0 Å². The molecule has 0 aliphatic carbocycles. The molecule has 0 fully saturated rings. The Morgan fingerprint density at radius 3 is 1.54 bits per heavy atom. The van der Waals surface area contributed by atoms with Crippen LogP contribution in [0.3, 0.4) is 0 Å². The van der Waals surface area contributed by atoms with Crippen LogP contribution in [0.15, 0.2) is 5.57 Å². The van der Waals surface area contributed by atoms with Crippen molar-refractivity contribution in [1.29, 1.82) is 0 Å². The van der Waals surface area contributed by atoms with E-state index in [0.29, 0.717) is 0 Å². The van der Waals surface area contributed by atoms with E-state index < -0.39 is 0 Å². The Hall–Kier alpha value is 0.623. The van der Waals surface area contributed by atoms with Crippen LogP contribution in [0.25, 0.3) is 0 Å². The van der Waals surface area contributed by atoms with Gasteiger partial charge in [-0.3, -0.25) is 5.57 Å². The van der Waals surface area contributed by atoms with Gasteiger partial charge in [-0.05, 0) is 0 Å². The first-order valence-corrected chi connectivity index (χ1v) is 4.64. The van der Waals surface area contributed by atoms with Crippen LogP contribution < -0.4 is 0 Å². The topological polar surface area (TPSA) is 0 Å². The summed E-state index contributed by atoms with van der Waals surface area (Å²) in [5, 5.41) is 0. The molecule has 0 N–H and O–H groups in total. The molecule has 0 nitrogen and oxygen atoms in total. The van der Waals surface area contributed by atoms with Crippen molar-refractivity contribution < 1.29 is 26.2 Å². The van der Waals surface area contributed by atoms with Crippen molar-refractivity contribution in [2.45, 2.75) is 47.0 Å². The largest absolute Gasteiger partial charge is 4.00 e. The Kier molecular flexibility index (Phi) is 52.9. The minimum absolute atomic E-state index is 0. The van der Waals surface area contributed by atoms with Crippen molar-refractivity contribution in [2.75, 3.05) is 0 Å². The maximum Gasteiger partial charge on any atom is 4.00 e. The molecule has 0 aliphatic heterocycles. The van der Waals surface area contributed by atoms with Gasteiger partial charge < -0.3 is 26.8 Å². The Morgan fingerprint density at radius 1 is 1.08 bits per heavy atom. The van der Waals surface area contributed by atoms with Gasteiger partial charge in [0, 0.05) is 0 Å². The molecule has 0 heterocycles. The number of hydrogen-bond donors (Lipinski definition) is 0. The van der Waals surface area contributed by atoms with Gasteiger partial charge in [0.2, 0.25) is 0 Å². The second kappa shape index (κ2) is 29.3. The first-order chi connectivity index (χ1) is 5.85. The standard InChI is InChI=1S/C8H14.2C2H5.Zr/c1-4-7-8(5-2)6-3;2*1-2;/h2,4-6H2,1,3H3;2*1H2,2H3;/q-2;2*-1;+4. The van der Waals surface area contributed by atoms with E-state index in [-0.39, 0.29) is 26.2 Å². The van der Waals surface area contributed by atoms with Gasteiger partial charge in [0.25, 0.3) is 0 Å². The van der Waals surface area contributed by atoms with E-state index in [0.717, 1.165) is 19.3 Å². The SMILES string of the molecule is [CH2-]C.[CH2-]C.[CH2-]CC(=[C-]CC)CC.[Zr+4]. The molecule has 0 aromatic carbocycles. The molecular weight excluding hydrogens is 235 g/mol. The van der Waals surface area contributed by atoms with E-state index in [9.17, 15) is 0 Å². The summed E-state index contributed by atoms with van der Waals surface area (Å²) < 4.78 is 0. The van der Waals surface area contributed by atoms with Crippen LogP contribution in [0, 0.1) is 26.8 Å². The van der Waals surface area contributed by atoms with Crippen LogP contribution in [0.2, 0.25) is 0 Å². The van der Waals surface area contributed by atoms with Gasteiger partial charge in [-0.2, -0.15) is 26.7 Å². The fourth-order valence-electron chi connectivity index (χ4n) is 0.640. The molecule has 0 aliphatic rings. The molecule has 13 heavy (non-hydrogen) atoms. The third-order valence-corrected chi connectivity index (χ3v) is 1.16. The summed E-state index contributed by atoms with van der Waals surface area (Å²) >= 11 is 0. The predicted octanol–water partition coefficient (Wildman–Crippen LogP) is 4.44. The summed E-state index contributed by atoms with van der Waals surface area (Å²) in [7, 11) is 0. The van der Waals surface area contributed by atoms with Gasteiger partial charge in [0.1, 0.15) is 0 Å². The van der Waals surface area contributed by atoms with E-state index in [1.807, 2.05) is 0 Å². The molecule has 76 valence electrons. The monoisotopic (exact) mass is 258 g/mol. The Balaban J connectivity index is -0.0000000712. The molecule has 0 bridgehead atoms. The van der Waals surface area contributed by atoms with Crippen molar-refractivity contribution >= 4 is 0 Å². The van der Waals surface area contributed by atoms with Gasteiger partial charge in [-0.1, -0.05) is 20.3 Å². The molecule has 0 aromatic rings. The summed E-state index contributed by atoms with van der Waals surface area (Å²) in [6.07, 6.45) is 6.29. The zero-order valence-corrected chi connectivity index (χ0v) is 12.2. The van der Waals surface area contributed by atoms with Crippen molar-refractivity contribution in [3.8, 4) is 0 Å². The summed E-state index contributed by atoms with van der Waals surface area (Å²) in [6.45, 7) is 18.0. The average molecular weight is 260 g/mol. The van der Waals surface area contributed by atoms with Crippen LogP contribution in [-0.4, -0.2) is 0 Å². The molecule has 0 rings (SSSR count). The molecule has 0 radical (unpaired) electrons. The van der Waals surface area contributed by atoms with Crippen LogP contribution in [0.5, 0.6) is 0 Å². The molecule has 0 amide bonds. The van der Waals surface area contributed by atoms with Gasteiger partial charge in [0.05, 0.1) is 0 Å². The third-order valence-electron chi connectivity index (χ3n) is 1.16. The number of hydrogen-bond acceptors (Lipinski definition) is 0. The normalized spacial score (nSPS) is 8.38. The van der Waals surface area contributed by atoms with Crippen molar-refractivity contribution in [1.82, 2.24) is 0 Å². The molecule has 0 saturated heterocycles. The quantitative estimate of drug-likeness (QED) is 0.657. The second-order valence-corrected chi connectivity index (χ2v) is 1.74. The van der Waals surface area contributed by atoms with Crippen molar-refractivity contribution in [3.05, 3.63) is 32.4 Å². The third kappa shape index (κ3) is 24.5. The summed E-state index contributed by atoms with van der Waals surface area (Å²) in [5.74, 6) is 0. The summed E-state index contributed by atoms with van der Waals surface area (Å²) in [6, 6.07) is 0. The zero-order valence-electron chi connectivity index (χ0n) is 9.74.